The van der Waals surface area contributed by atoms with Gasteiger partial charge in [-0.1, -0.05) is 19.9 Å². The first-order valence-electron chi connectivity index (χ1n) is 7.50. The molecule has 2 rings (SSSR count). The summed E-state index contributed by atoms with van der Waals surface area (Å²) in [5, 5.41) is 3.43. The predicted octanol–water partition coefficient (Wildman–Crippen LogP) is 3.48. The number of hydrogen-bond acceptors (Lipinski definition) is 4. The third-order valence-electron chi connectivity index (χ3n) is 4.23. The molecule has 0 saturated heterocycles. The number of carbonyl (C=O) groups is 1. The molecule has 116 valence electrons. The number of rotatable bonds is 4. The Morgan fingerprint density at radius 2 is 1.90 bits per heavy atom. The summed E-state index contributed by atoms with van der Waals surface area (Å²) in [7, 11) is 3.10. The van der Waals surface area contributed by atoms with Gasteiger partial charge in [0.25, 0.3) is 0 Å². The minimum atomic E-state index is -0.641. The van der Waals surface area contributed by atoms with Gasteiger partial charge >= 0.3 is 5.97 Å². The third-order valence-corrected chi connectivity index (χ3v) is 4.23. The molecule has 1 aromatic carbocycles. The van der Waals surface area contributed by atoms with Crippen molar-refractivity contribution in [2.45, 2.75) is 38.6 Å². The lowest BCUT2D eigenvalue weighted by Gasteiger charge is -2.41. The molecule has 0 aliphatic heterocycles. The van der Waals surface area contributed by atoms with E-state index in [0.29, 0.717) is 11.8 Å². The molecule has 2 atom stereocenters. The van der Waals surface area contributed by atoms with Crippen LogP contribution in [0.15, 0.2) is 24.3 Å². The van der Waals surface area contributed by atoms with Crippen molar-refractivity contribution in [1.29, 1.82) is 0 Å². The Bertz CT molecular complexity index is 491. The molecule has 1 fully saturated rings. The minimum absolute atomic E-state index is 0.177. The molecule has 4 nitrogen and oxygen atoms in total. The molecule has 0 bridgehead atoms. The van der Waals surface area contributed by atoms with Crippen molar-refractivity contribution in [2.24, 2.45) is 11.8 Å². The summed E-state index contributed by atoms with van der Waals surface area (Å²) in [5.74, 6) is 1.58. The quantitative estimate of drug-likeness (QED) is 0.863. The molecule has 1 aliphatic carbocycles. The molecule has 0 amide bonds. The van der Waals surface area contributed by atoms with Crippen molar-refractivity contribution in [3.63, 3.8) is 0 Å². The highest BCUT2D eigenvalue weighted by molar-refractivity contribution is 5.84. The zero-order chi connectivity index (χ0) is 15.5. The molecule has 1 saturated carbocycles. The summed E-state index contributed by atoms with van der Waals surface area (Å²) in [5.41, 5.74) is 0.249. The molecule has 2 unspecified atom stereocenters. The zero-order valence-electron chi connectivity index (χ0n) is 13.3. The summed E-state index contributed by atoms with van der Waals surface area (Å²) >= 11 is 0. The number of nitrogens with one attached hydrogen (secondary N) is 1. The van der Waals surface area contributed by atoms with Crippen LogP contribution in [0.1, 0.15) is 33.1 Å². The van der Waals surface area contributed by atoms with E-state index in [0.717, 1.165) is 30.7 Å². The van der Waals surface area contributed by atoms with Gasteiger partial charge in [-0.05, 0) is 43.2 Å². The van der Waals surface area contributed by atoms with Crippen LogP contribution in [-0.4, -0.2) is 25.7 Å². The number of anilines is 1. The fourth-order valence-electron chi connectivity index (χ4n) is 3.62. The first kappa shape index (κ1) is 15.7. The average Bonchev–Trinajstić information content (AvgIpc) is 2.45. The molecule has 0 heterocycles. The van der Waals surface area contributed by atoms with Crippen LogP contribution in [0.5, 0.6) is 5.75 Å². The highest BCUT2D eigenvalue weighted by atomic mass is 16.5. The number of esters is 1. The maximum Gasteiger partial charge on any atom is 0.331 e. The minimum Gasteiger partial charge on any atom is -0.497 e. The van der Waals surface area contributed by atoms with E-state index in [9.17, 15) is 4.79 Å². The molecule has 1 N–H and O–H groups in total. The van der Waals surface area contributed by atoms with Crippen molar-refractivity contribution in [2.75, 3.05) is 19.5 Å². The summed E-state index contributed by atoms with van der Waals surface area (Å²) in [6.07, 6.45) is 2.74. The van der Waals surface area contributed by atoms with Crippen LogP contribution in [0, 0.1) is 11.8 Å². The van der Waals surface area contributed by atoms with Crippen molar-refractivity contribution in [3.05, 3.63) is 24.3 Å². The SMILES string of the molecule is COC(=O)C1(Nc2cccc(OC)c2)CC(C)CC(C)C1. The molecule has 4 heteroatoms. The van der Waals surface area contributed by atoms with Crippen molar-refractivity contribution in [3.8, 4) is 5.75 Å². The second-order valence-electron chi connectivity index (χ2n) is 6.28. The average molecular weight is 291 g/mol. The van der Waals surface area contributed by atoms with Crippen LogP contribution in [0.3, 0.4) is 0 Å². The maximum absolute atomic E-state index is 12.4. The van der Waals surface area contributed by atoms with Crippen LogP contribution >= 0.6 is 0 Å². The van der Waals surface area contributed by atoms with E-state index in [2.05, 4.69) is 19.2 Å². The van der Waals surface area contributed by atoms with Crippen molar-refractivity contribution < 1.29 is 14.3 Å². The van der Waals surface area contributed by atoms with Crippen LogP contribution in [0.2, 0.25) is 0 Å². The highest BCUT2D eigenvalue weighted by Crippen LogP contribution is 2.39. The Morgan fingerprint density at radius 1 is 1.24 bits per heavy atom. The first-order valence-corrected chi connectivity index (χ1v) is 7.50. The first-order chi connectivity index (χ1) is 9.99. The van der Waals surface area contributed by atoms with E-state index in [-0.39, 0.29) is 5.97 Å². The lowest BCUT2D eigenvalue weighted by Crippen LogP contribution is -2.52. The Labute approximate surface area is 126 Å². The molecule has 1 aliphatic rings. The van der Waals surface area contributed by atoms with Crippen molar-refractivity contribution in [1.82, 2.24) is 0 Å². The molecule has 0 spiro atoms. The molecule has 21 heavy (non-hydrogen) atoms. The summed E-state index contributed by atoms with van der Waals surface area (Å²) in [6.45, 7) is 4.39. The van der Waals surface area contributed by atoms with Crippen LogP contribution in [-0.2, 0) is 9.53 Å². The lowest BCUT2D eigenvalue weighted by atomic mass is 9.71. The smallest absolute Gasteiger partial charge is 0.331 e. The van der Waals surface area contributed by atoms with E-state index < -0.39 is 5.54 Å². The summed E-state index contributed by atoms with van der Waals surface area (Å²) in [4.78, 5) is 12.4. The second-order valence-corrected chi connectivity index (χ2v) is 6.28. The summed E-state index contributed by atoms with van der Waals surface area (Å²) in [6, 6.07) is 7.68. The van der Waals surface area contributed by atoms with Gasteiger partial charge in [0, 0.05) is 11.8 Å². The van der Waals surface area contributed by atoms with Gasteiger partial charge in [-0.3, -0.25) is 0 Å². The van der Waals surface area contributed by atoms with E-state index in [1.54, 1.807) is 7.11 Å². The van der Waals surface area contributed by atoms with E-state index in [4.69, 9.17) is 9.47 Å². The molecule has 0 radical (unpaired) electrons. The van der Waals surface area contributed by atoms with Gasteiger partial charge in [-0.15, -0.1) is 0 Å². The fourth-order valence-corrected chi connectivity index (χ4v) is 3.62. The third kappa shape index (κ3) is 3.49. The van der Waals surface area contributed by atoms with Gasteiger partial charge in [0.15, 0.2) is 0 Å². The van der Waals surface area contributed by atoms with Gasteiger partial charge in [0.1, 0.15) is 11.3 Å². The topological polar surface area (TPSA) is 47.6 Å². The lowest BCUT2D eigenvalue weighted by molar-refractivity contribution is -0.148. The van der Waals surface area contributed by atoms with E-state index in [1.807, 2.05) is 24.3 Å². The van der Waals surface area contributed by atoms with Gasteiger partial charge in [0.2, 0.25) is 0 Å². The van der Waals surface area contributed by atoms with Crippen LogP contribution in [0.25, 0.3) is 0 Å². The maximum atomic E-state index is 12.4. The largest absolute Gasteiger partial charge is 0.497 e. The number of hydrogen-bond donors (Lipinski definition) is 1. The van der Waals surface area contributed by atoms with Crippen molar-refractivity contribution >= 4 is 11.7 Å². The second kappa shape index (κ2) is 6.37. The Balaban J connectivity index is 2.29. The fraction of sp³-hybridized carbons (Fsp3) is 0.588. The standard InChI is InChI=1S/C17H25NO3/c1-12-8-13(2)11-17(10-12,16(19)21-4)18-14-6-5-7-15(9-14)20-3/h5-7,9,12-13,18H,8,10-11H2,1-4H3. The van der Waals surface area contributed by atoms with Crippen LogP contribution in [0.4, 0.5) is 5.69 Å². The Hall–Kier alpha value is -1.71. The molecular formula is C17H25NO3. The molecular weight excluding hydrogens is 266 g/mol. The predicted molar refractivity (Wildman–Crippen MR) is 83.5 cm³/mol. The Morgan fingerprint density at radius 3 is 2.48 bits per heavy atom. The normalized spacial score (nSPS) is 28.8. The highest BCUT2D eigenvalue weighted by Gasteiger charge is 2.45. The number of methoxy groups -OCH3 is 2. The zero-order valence-corrected chi connectivity index (χ0v) is 13.3. The summed E-state index contributed by atoms with van der Waals surface area (Å²) < 4.78 is 10.3. The number of ether oxygens (including phenoxy) is 2. The van der Waals surface area contributed by atoms with Crippen LogP contribution < -0.4 is 10.1 Å². The van der Waals surface area contributed by atoms with Gasteiger partial charge in [-0.25, -0.2) is 4.79 Å². The molecule has 0 aromatic heterocycles. The number of carbonyl (C=O) groups excluding carboxylic acids is 1. The molecule has 1 aromatic rings. The van der Waals surface area contributed by atoms with Gasteiger partial charge < -0.3 is 14.8 Å². The monoisotopic (exact) mass is 291 g/mol. The van der Waals surface area contributed by atoms with E-state index >= 15 is 0 Å². The van der Waals surface area contributed by atoms with Gasteiger partial charge in [0.05, 0.1) is 14.2 Å². The van der Waals surface area contributed by atoms with E-state index in [1.165, 1.54) is 7.11 Å². The van der Waals surface area contributed by atoms with Gasteiger partial charge in [-0.2, -0.15) is 0 Å². The Kier molecular flexibility index (Phi) is 4.76. The number of benzene rings is 1.